The molecular formula is C25H34FN5O4. The van der Waals surface area contributed by atoms with Gasteiger partial charge in [-0.1, -0.05) is 30.3 Å². The number of benzene rings is 1. The molecule has 1 atom stereocenters. The first-order chi connectivity index (χ1) is 16.3. The quantitative estimate of drug-likeness (QED) is 0.673. The maximum Gasteiger partial charge on any atom is 0.410 e. The lowest BCUT2D eigenvalue weighted by Crippen LogP contribution is -2.55. The number of hydrogen-bond donors (Lipinski definition) is 2. The molecule has 0 saturated carbocycles. The number of halogens is 1. The number of ether oxygens (including phenoxy) is 1. The molecule has 3 rings (SSSR count). The second kappa shape index (κ2) is 10.1. The largest absolute Gasteiger partial charge is 0.444 e. The maximum absolute atomic E-state index is 14.8. The topological polar surface area (TPSA) is 106 Å². The van der Waals surface area contributed by atoms with Crippen molar-refractivity contribution >= 4 is 17.9 Å². The first kappa shape index (κ1) is 26.2. The molecule has 10 heteroatoms. The Morgan fingerprint density at radius 2 is 1.74 bits per heavy atom. The van der Waals surface area contributed by atoms with Crippen molar-refractivity contribution in [3.05, 3.63) is 41.7 Å². The normalized spacial score (nSPS) is 15.0. The van der Waals surface area contributed by atoms with Crippen LogP contribution >= 0.6 is 0 Å². The maximum atomic E-state index is 14.8. The zero-order valence-electron chi connectivity index (χ0n) is 21.1. The van der Waals surface area contributed by atoms with Gasteiger partial charge >= 0.3 is 6.09 Å². The third kappa shape index (κ3) is 6.17. The first-order valence-electron chi connectivity index (χ1n) is 11.7. The number of imidazole rings is 1. The number of nitrogens with zero attached hydrogens (tertiary/aromatic N) is 3. The molecule has 0 bridgehead atoms. The number of nitrogens with one attached hydrogen (secondary N) is 2. The number of amides is 3. The van der Waals surface area contributed by atoms with Crippen LogP contribution in [0.3, 0.4) is 0 Å². The molecule has 2 aromatic rings. The van der Waals surface area contributed by atoms with Gasteiger partial charge in [0.1, 0.15) is 23.1 Å². The Bertz CT molecular complexity index is 1090. The van der Waals surface area contributed by atoms with E-state index in [9.17, 15) is 18.8 Å². The van der Waals surface area contributed by atoms with Crippen molar-refractivity contribution in [2.24, 2.45) is 0 Å². The van der Waals surface area contributed by atoms with E-state index in [-0.39, 0.29) is 12.2 Å². The average Bonchev–Trinajstić information content (AvgIpc) is 2.98. The predicted molar refractivity (Wildman–Crippen MR) is 129 cm³/mol. The Kier molecular flexibility index (Phi) is 7.52. The van der Waals surface area contributed by atoms with Gasteiger partial charge in [-0.15, -0.1) is 0 Å². The van der Waals surface area contributed by atoms with Gasteiger partial charge in [-0.25, -0.2) is 14.2 Å². The minimum atomic E-state index is -2.02. The van der Waals surface area contributed by atoms with E-state index in [2.05, 4.69) is 15.6 Å². The van der Waals surface area contributed by atoms with E-state index in [0.29, 0.717) is 31.0 Å². The Hall–Kier alpha value is -3.43. The summed E-state index contributed by atoms with van der Waals surface area (Å²) in [6.45, 7) is 8.85. The van der Waals surface area contributed by atoms with Crippen molar-refractivity contribution in [1.29, 1.82) is 0 Å². The molecular weight excluding hydrogens is 453 g/mol. The van der Waals surface area contributed by atoms with Crippen LogP contribution in [-0.2, 0) is 22.6 Å². The third-order valence-corrected chi connectivity index (χ3v) is 5.59. The van der Waals surface area contributed by atoms with Crippen LogP contribution in [0.15, 0.2) is 30.3 Å². The lowest BCUT2D eigenvalue weighted by atomic mass is 10.00. The highest BCUT2D eigenvalue weighted by atomic mass is 19.1. The van der Waals surface area contributed by atoms with E-state index >= 15 is 0 Å². The van der Waals surface area contributed by atoms with Crippen LogP contribution in [0.4, 0.5) is 9.18 Å². The molecule has 1 aliphatic rings. The lowest BCUT2D eigenvalue weighted by Gasteiger charge is -2.27. The van der Waals surface area contributed by atoms with Gasteiger partial charge in [-0.05, 0) is 41.0 Å². The van der Waals surface area contributed by atoms with Gasteiger partial charge in [0.2, 0.25) is 5.91 Å². The SMILES string of the molecule is CNC(=O)C(NC(=O)c1nc(-c2ccccc2)n2c1CN(C(=O)OC(C)(C)C)CCC2)C(C)(C)F. The van der Waals surface area contributed by atoms with Crippen molar-refractivity contribution in [2.45, 2.75) is 71.4 Å². The molecule has 3 amide bonds. The summed E-state index contributed by atoms with van der Waals surface area (Å²) in [5.74, 6) is -0.788. The van der Waals surface area contributed by atoms with E-state index < -0.39 is 35.2 Å². The van der Waals surface area contributed by atoms with Gasteiger partial charge in [0, 0.05) is 25.7 Å². The van der Waals surface area contributed by atoms with Gasteiger partial charge < -0.3 is 24.8 Å². The zero-order valence-corrected chi connectivity index (χ0v) is 21.1. The number of carbonyl (C=O) groups is 3. The molecule has 1 unspecified atom stereocenters. The molecule has 0 radical (unpaired) electrons. The van der Waals surface area contributed by atoms with Crippen LogP contribution in [0.2, 0.25) is 0 Å². The Balaban J connectivity index is 2.05. The van der Waals surface area contributed by atoms with Crippen molar-refractivity contribution in [3.63, 3.8) is 0 Å². The summed E-state index contributed by atoms with van der Waals surface area (Å²) in [6.07, 6.45) is 0.134. The predicted octanol–water partition coefficient (Wildman–Crippen LogP) is 3.28. The fourth-order valence-electron chi connectivity index (χ4n) is 3.93. The molecule has 1 aliphatic heterocycles. The monoisotopic (exact) mass is 487 g/mol. The molecule has 0 fully saturated rings. The number of carbonyl (C=O) groups excluding carboxylic acids is 3. The average molecular weight is 488 g/mol. The second-order valence-corrected chi connectivity index (χ2v) is 10.1. The number of hydrogen-bond acceptors (Lipinski definition) is 5. The van der Waals surface area contributed by atoms with Crippen LogP contribution in [0.1, 0.15) is 57.2 Å². The van der Waals surface area contributed by atoms with Crippen molar-refractivity contribution < 1.29 is 23.5 Å². The molecule has 2 heterocycles. The van der Waals surface area contributed by atoms with E-state index in [4.69, 9.17) is 4.74 Å². The van der Waals surface area contributed by atoms with E-state index in [1.54, 1.807) is 20.8 Å². The summed E-state index contributed by atoms with van der Waals surface area (Å²) in [6, 6.07) is 7.95. The number of fused-ring (bicyclic) bond motifs is 1. The Morgan fingerprint density at radius 1 is 1.09 bits per heavy atom. The fraction of sp³-hybridized carbons (Fsp3) is 0.520. The molecule has 190 valence electrons. The molecule has 35 heavy (non-hydrogen) atoms. The summed E-state index contributed by atoms with van der Waals surface area (Å²) in [7, 11) is 1.38. The molecule has 0 aliphatic carbocycles. The van der Waals surface area contributed by atoms with Crippen LogP contribution in [0.25, 0.3) is 11.4 Å². The highest BCUT2D eigenvalue weighted by molar-refractivity contribution is 5.98. The molecule has 9 nitrogen and oxygen atoms in total. The van der Waals surface area contributed by atoms with Gasteiger partial charge in [-0.3, -0.25) is 9.59 Å². The minimum absolute atomic E-state index is 0.0393. The van der Waals surface area contributed by atoms with Gasteiger partial charge in [-0.2, -0.15) is 0 Å². The number of aromatic nitrogens is 2. The summed E-state index contributed by atoms with van der Waals surface area (Å²) in [5, 5.41) is 4.89. The third-order valence-electron chi connectivity index (χ3n) is 5.59. The van der Waals surface area contributed by atoms with E-state index in [1.165, 1.54) is 25.8 Å². The molecule has 2 N–H and O–H groups in total. The summed E-state index contributed by atoms with van der Waals surface area (Å²) >= 11 is 0. The van der Waals surface area contributed by atoms with Crippen molar-refractivity contribution in [3.8, 4) is 11.4 Å². The van der Waals surface area contributed by atoms with Crippen LogP contribution in [-0.4, -0.2) is 63.3 Å². The molecule has 0 saturated heterocycles. The van der Waals surface area contributed by atoms with Crippen molar-refractivity contribution in [1.82, 2.24) is 25.1 Å². The molecule has 0 spiro atoms. The van der Waals surface area contributed by atoms with Crippen LogP contribution in [0.5, 0.6) is 0 Å². The second-order valence-electron chi connectivity index (χ2n) is 10.1. The minimum Gasteiger partial charge on any atom is -0.444 e. The fourth-order valence-corrected chi connectivity index (χ4v) is 3.93. The summed E-state index contributed by atoms with van der Waals surface area (Å²) in [4.78, 5) is 44.7. The lowest BCUT2D eigenvalue weighted by molar-refractivity contribution is -0.125. The van der Waals surface area contributed by atoms with E-state index in [1.807, 2.05) is 34.9 Å². The molecule has 1 aromatic carbocycles. The standard InChI is InChI=1S/C25H34FN5O4/c1-24(2,3)35-23(34)30-13-10-14-31-17(15-30)18(28-20(31)16-11-8-7-9-12-16)21(32)29-19(22(33)27-6)25(4,5)26/h7-9,11-12,19H,10,13-15H2,1-6H3,(H,27,33)(H,29,32). The summed E-state index contributed by atoms with van der Waals surface area (Å²) in [5.41, 5.74) is -1.36. The number of likely N-dealkylation sites (N-methyl/N-ethyl adjacent to an activating group) is 1. The van der Waals surface area contributed by atoms with Gasteiger partial charge in [0.15, 0.2) is 5.69 Å². The molecule has 1 aromatic heterocycles. The van der Waals surface area contributed by atoms with Crippen LogP contribution < -0.4 is 10.6 Å². The highest BCUT2D eigenvalue weighted by Gasteiger charge is 2.38. The Labute approximate surface area is 205 Å². The van der Waals surface area contributed by atoms with E-state index in [0.717, 1.165) is 5.56 Å². The van der Waals surface area contributed by atoms with Gasteiger partial charge in [0.25, 0.3) is 5.91 Å². The van der Waals surface area contributed by atoms with Crippen LogP contribution in [0, 0.1) is 0 Å². The smallest absolute Gasteiger partial charge is 0.410 e. The highest BCUT2D eigenvalue weighted by Crippen LogP contribution is 2.27. The number of alkyl halides is 1. The van der Waals surface area contributed by atoms with Crippen molar-refractivity contribution in [2.75, 3.05) is 13.6 Å². The van der Waals surface area contributed by atoms with Gasteiger partial charge in [0.05, 0.1) is 12.2 Å². The number of rotatable bonds is 5. The Morgan fingerprint density at radius 3 is 2.31 bits per heavy atom. The zero-order chi connectivity index (χ0) is 26.0. The first-order valence-corrected chi connectivity index (χ1v) is 11.7. The summed E-state index contributed by atoms with van der Waals surface area (Å²) < 4.78 is 22.3.